The molecule has 1 aromatic carbocycles. The van der Waals surface area contributed by atoms with E-state index in [9.17, 15) is 0 Å². The lowest BCUT2D eigenvalue weighted by Gasteiger charge is -2.24. The Morgan fingerprint density at radius 3 is 3.12 bits per heavy atom. The number of hydrogen-bond donors (Lipinski definition) is 1. The Morgan fingerprint density at radius 1 is 1.35 bits per heavy atom. The van der Waals surface area contributed by atoms with Crippen molar-refractivity contribution in [2.24, 2.45) is 0 Å². The van der Waals surface area contributed by atoms with Crippen LogP contribution in [0.2, 0.25) is 5.02 Å². The lowest BCUT2D eigenvalue weighted by Crippen LogP contribution is -2.25. The molecular formula is C13H13ClN2S. The van der Waals surface area contributed by atoms with Gasteiger partial charge in [-0.05, 0) is 36.9 Å². The van der Waals surface area contributed by atoms with Crippen LogP contribution in [0.25, 0.3) is 10.9 Å². The van der Waals surface area contributed by atoms with Gasteiger partial charge in [-0.3, -0.25) is 4.98 Å². The van der Waals surface area contributed by atoms with E-state index < -0.39 is 0 Å². The molecule has 2 aromatic rings. The molecule has 0 amide bonds. The number of fused-ring (bicyclic) bond motifs is 1. The summed E-state index contributed by atoms with van der Waals surface area (Å²) >= 11 is 8.14. The molecule has 88 valence electrons. The van der Waals surface area contributed by atoms with Crippen LogP contribution in [0.1, 0.15) is 17.4 Å². The minimum atomic E-state index is 0.346. The first-order valence-electron chi connectivity index (χ1n) is 5.74. The van der Waals surface area contributed by atoms with E-state index in [0.29, 0.717) is 5.37 Å². The largest absolute Gasteiger partial charge is 0.302 e. The van der Waals surface area contributed by atoms with Crippen molar-refractivity contribution in [2.75, 3.05) is 12.3 Å². The molecule has 3 rings (SSSR count). The predicted octanol–water partition coefficient (Wildman–Crippen LogP) is 3.61. The van der Waals surface area contributed by atoms with Gasteiger partial charge in [0.2, 0.25) is 0 Å². The Labute approximate surface area is 110 Å². The Hall–Kier alpha value is -0.770. The highest BCUT2D eigenvalue weighted by Crippen LogP contribution is 2.35. The van der Waals surface area contributed by atoms with Gasteiger partial charge in [-0.1, -0.05) is 17.7 Å². The summed E-state index contributed by atoms with van der Waals surface area (Å²) in [6.45, 7) is 1.08. The summed E-state index contributed by atoms with van der Waals surface area (Å²) in [5, 5.41) is 5.69. The number of halogens is 1. The monoisotopic (exact) mass is 264 g/mol. The van der Waals surface area contributed by atoms with Crippen LogP contribution in [0.3, 0.4) is 0 Å². The van der Waals surface area contributed by atoms with Crippen molar-refractivity contribution in [3.05, 3.63) is 41.0 Å². The van der Waals surface area contributed by atoms with E-state index in [-0.39, 0.29) is 0 Å². The van der Waals surface area contributed by atoms with Gasteiger partial charge in [0.1, 0.15) is 0 Å². The topological polar surface area (TPSA) is 24.9 Å². The first kappa shape index (κ1) is 11.3. The lowest BCUT2D eigenvalue weighted by molar-refractivity contribution is 0.645. The Bertz CT molecular complexity index is 538. The van der Waals surface area contributed by atoms with Crippen LogP contribution in [0, 0.1) is 0 Å². The highest BCUT2D eigenvalue weighted by Gasteiger charge is 2.18. The third kappa shape index (κ3) is 2.15. The van der Waals surface area contributed by atoms with E-state index in [0.717, 1.165) is 22.5 Å². The lowest BCUT2D eigenvalue weighted by atomic mass is 10.1. The third-order valence-corrected chi connectivity index (χ3v) is 4.57. The second kappa shape index (κ2) is 4.84. The predicted molar refractivity (Wildman–Crippen MR) is 74.6 cm³/mol. The molecule has 17 heavy (non-hydrogen) atoms. The number of hydrogen-bond acceptors (Lipinski definition) is 3. The molecule has 1 saturated heterocycles. The summed E-state index contributed by atoms with van der Waals surface area (Å²) in [5.74, 6) is 1.20. The van der Waals surface area contributed by atoms with Crippen molar-refractivity contribution in [1.29, 1.82) is 0 Å². The first-order valence-corrected chi connectivity index (χ1v) is 7.17. The highest BCUT2D eigenvalue weighted by atomic mass is 35.5. The zero-order valence-corrected chi connectivity index (χ0v) is 10.9. The number of nitrogens with one attached hydrogen (secondary N) is 1. The molecule has 0 spiro atoms. The summed E-state index contributed by atoms with van der Waals surface area (Å²) in [7, 11) is 0. The Morgan fingerprint density at radius 2 is 2.29 bits per heavy atom. The van der Waals surface area contributed by atoms with Gasteiger partial charge in [-0.2, -0.15) is 0 Å². The van der Waals surface area contributed by atoms with Crippen LogP contribution in [-0.2, 0) is 0 Å². The molecule has 1 aromatic heterocycles. The molecule has 1 aliphatic heterocycles. The third-order valence-electron chi connectivity index (χ3n) is 2.97. The fourth-order valence-corrected chi connectivity index (χ4v) is 3.50. The van der Waals surface area contributed by atoms with Crippen LogP contribution >= 0.6 is 23.4 Å². The van der Waals surface area contributed by atoms with Gasteiger partial charge in [0.05, 0.1) is 10.9 Å². The molecule has 1 unspecified atom stereocenters. The summed E-state index contributed by atoms with van der Waals surface area (Å²) in [6.07, 6.45) is 3.07. The van der Waals surface area contributed by atoms with Crippen LogP contribution < -0.4 is 5.32 Å². The molecule has 2 heterocycles. The second-order valence-corrected chi connectivity index (χ2v) is 5.71. The maximum Gasteiger partial charge on any atom is 0.0810 e. The van der Waals surface area contributed by atoms with Crippen LogP contribution in [0.15, 0.2) is 30.5 Å². The van der Waals surface area contributed by atoms with Gasteiger partial charge in [-0.25, -0.2) is 0 Å². The van der Waals surface area contributed by atoms with Gasteiger partial charge in [0.25, 0.3) is 0 Å². The van der Waals surface area contributed by atoms with E-state index >= 15 is 0 Å². The van der Waals surface area contributed by atoms with Crippen molar-refractivity contribution < 1.29 is 0 Å². The zero-order valence-electron chi connectivity index (χ0n) is 9.32. The van der Waals surface area contributed by atoms with Gasteiger partial charge in [0.15, 0.2) is 0 Å². The number of rotatable bonds is 1. The van der Waals surface area contributed by atoms with Crippen LogP contribution in [0.5, 0.6) is 0 Å². The average Bonchev–Trinajstić information content (AvgIpc) is 2.41. The molecule has 0 bridgehead atoms. The first-order chi connectivity index (χ1) is 8.36. The number of nitrogens with zero attached hydrogens (tertiary/aromatic N) is 1. The van der Waals surface area contributed by atoms with Gasteiger partial charge in [-0.15, -0.1) is 11.8 Å². The number of benzene rings is 1. The van der Waals surface area contributed by atoms with E-state index in [1.165, 1.54) is 17.7 Å². The minimum Gasteiger partial charge on any atom is -0.302 e. The van der Waals surface area contributed by atoms with Crippen molar-refractivity contribution in [3.63, 3.8) is 0 Å². The maximum absolute atomic E-state index is 6.20. The molecule has 4 heteroatoms. The summed E-state index contributed by atoms with van der Waals surface area (Å²) < 4.78 is 0. The van der Waals surface area contributed by atoms with Crippen LogP contribution in [-0.4, -0.2) is 17.3 Å². The summed E-state index contributed by atoms with van der Waals surface area (Å²) in [5.41, 5.74) is 2.27. The summed E-state index contributed by atoms with van der Waals surface area (Å²) in [6, 6.07) is 8.02. The van der Waals surface area contributed by atoms with E-state index in [2.05, 4.69) is 16.4 Å². The minimum absolute atomic E-state index is 0.346. The van der Waals surface area contributed by atoms with Gasteiger partial charge >= 0.3 is 0 Å². The number of pyridine rings is 1. The average molecular weight is 265 g/mol. The number of thioether (sulfide) groups is 1. The molecule has 1 atom stereocenters. The van der Waals surface area contributed by atoms with Crippen molar-refractivity contribution in [1.82, 2.24) is 10.3 Å². The van der Waals surface area contributed by atoms with E-state index in [1.54, 1.807) is 0 Å². The highest BCUT2D eigenvalue weighted by molar-refractivity contribution is 7.99. The standard InChI is InChI=1S/C13H13ClN2S/c14-11-5-4-10(13-16-7-2-8-17-13)12-9(11)3-1-6-15-12/h1,3-6,13,16H,2,7-8H2. The molecule has 0 saturated carbocycles. The molecular weight excluding hydrogens is 252 g/mol. The van der Waals surface area contributed by atoms with E-state index in [4.69, 9.17) is 11.6 Å². The maximum atomic E-state index is 6.20. The molecule has 1 fully saturated rings. The quantitative estimate of drug-likeness (QED) is 0.852. The Kier molecular flexibility index (Phi) is 3.23. The second-order valence-electron chi connectivity index (χ2n) is 4.09. The van der Waals surface area contributed by atoms with E-state index in [1.807, 2.05) is 36.2 Å². The molecule has 0 radical (unpaired) electrons. The molecule has 1 N–H and O–H groups in total. The molecule has 2 nitrogen and oxygen atoms in total. The summed E-state index contributed by atoms with van der Waals surface area (Å²) in [4.78, 5) is 4.48. The fraction of sp³-hybridized carbons (Fsp3) is 0.308. The zero-order chi connectivity index (χ0) is 11.7. The molecule has 1 aliphatic rings. The Balaban J connectivity index is 2.12. The van der Waals surface area contributed by atoms with Gasteiger partial charge in [0, 0.05) is 22.2 Å². The molecule has 0 aliphatic carbocycles. The SMILES string of the molecule is Clc1ccc(C2NCCCS2)c2ncccc12. The van der Waals surface area contributed by atoms with Crippen molar-refractivity contribution >= 4 is 34.3 Å². The smallest absolute Gasteiger partial charge is 0.0810 e. The van der Waals surface area contributed by atoms with Crippen molar-refractivity contribution in [2.45, 2.75) is 11.8 Å². The fourth-order valence-electron chi connectivity index (χ4n) is 2.14. The van der Waals surface area contributed by atoms with Gasteiger partial charge < -0.3 is 5.32 Å². The van der Waals surface area contributed by atoms with Crippen LogP contribution in [0.4, 0.5) is 0 Å². The van der Waals surface area contributed by atoms with Crippen molar-refractivity contribution in [3.8, 4) is 0 Å². The normalized spacial score (nSPS) is 20.6. The number of aromatic nitrogens is 1.